The van der Waals surface area contributed by atoms with Gasteiger partial charge in [-0.05, 0) is 67.3 Å². The molecule has 0 aliphatic carbocycles. The quantitative estimate of drug-likeness (QED) is 0.852. The van der Waals surface area contributed by atoms with Crippen molar-refractivity contribution in [1.29, 1.82) is 0 Å². The van der Waals surface area contributed by atoms with Crippen LogP contribution in [-0.2, 0) is 0 Å². The van der Waals surface area contributed by atoms with Crippen molar-refractivity contribution < 1.29 is 0 Å². The molecule has 0 spiro atoms. The average molecular weight is 303 g/mol. The minimum Gasteiger partial charge on any atom is -0.330 e. The lowest BCUT2D eigenvalue weighted by atomic mass is 9.79. The zero-order chi connectivity index (χ0) is 16.1. The predicted octanol–water partition coefficient (Wildman–Crippen LogP) is 4.22. The summed E-state index contributed by atoms with van der Waals surface area (Å²) in [5.74, 6) is 2.65. The lowest BCUT2D eigenvalue weighted by Crippen LogP contribution is -2.38. The van der Waals surface area contributed by atoms with E-state index in [1.54, 1.807) is 0 Å². The summed E-state index contributed by atoms with van der Waals surface area (Å²) < 4.78 is 0. The number of benzene rings is 1. The van der Waals surface area contributed by atoms with Gasteiger partial charge < -0.3 is 10.6 Å². The average Bonchev–Trinajstić information content (AvgIpc) is 2.49. The first kappa shape index (κ1) is 17.5. The van der Waals surface area contributed by atoms with E-state index in [4.69, 9.17) is 5.73 Å². The van der Waals surface area contributed by atoms with Crippen molar-refractivity contribution in [3.8, 4) is 0 Å². The summed E-state index contributed by atoms with van der Waals surface area (Å²) in [4.78, 5) is 2.62. The first-order chi connectivity index (χ1) is 10.5. The highest BCUT2D eigenvalue weighted by Gasteiger charge is 2.27. The van der Waals surface area contributed by atoms with E-state index >= 15 is 0 Å². The van der Waals surface area contributed by atoms with Crippen LogP contribution in [0.4, 0.5) is 0 Å². The van der Waals surface area contributed by atoms with Gasteiger partial charge >= 0.3 is 0 Å². The van der Waals surface area contributed by atoms with Crippen molar-refractivity contribution in [3.63, 3.8) is 0 Å². The maximum Gasteiger partial charge on any atom is 0.000439 e. The molecule has 0 amide bonds. The molecule has 1 heterocycles. The van der Waals surface area contributed by atoms with Crippen LogP contribution >= 0.6 is 0 Å². The van der Waals surface area contributed by atoms with Gasteiger partial charge in [0.1, 0.15) is 0 Å². The van der Waals surface area contributed by atoms with Crippen molar-refractivity contribution in [3.05, 3.63) is 35.4 Å². The second-order valence-electron chi connectivity index (χ2n) is 7.70. The number of hydrogen-bond donors (Lipinski definition) is 1. The minimum atomic E-state index is 0.530. The van der Waals surface area contributed by atoms with Gasteiger partial charge in [-0.1, -0.05) is 52.0 Å². The van der Waals surface area contributed by atoms with E-state index in [-0.39, 0.29) is 0 Å². The molecule has 1 saturated heterocycles. The van der Waals surface area contributed by atoms with Gasteiger partial charge in [0.05, 0.1) is 0 Å². The van der Waals surface area contributed by atoms with Gasteiger partial charge in [0.2, 0.25) is 0 Å². The van der Waals surface area contributed by atoms with Gasteiger partial charge in [-0.3, -0.25) is 0 Å². The molecule has 0 aromatic heterocycles. The van der Waals surface area contributed by atoms with Gasteiger partial charge in [-0.2, -0.15) is 0 Å². The number of rotatable bonds is 6. The maximum atomic E-state index is 6.14. The first-order valence-electron chi connectivity index (χ1n) is 9.03. The third-order valence-corrected chi connectivity index (χ3v) is 5.11. The Morgan fingerprint density at radius 1 is 1.00 bits per heavy atom. The van der Waals surface area contributed by atoms with Crippen molar-refractivity contribution in [2.75, 3.05) is 26.2 Å². The van der Waals surface area contributed by atoms with Crippen molar-refractivity contribution >= 4 is 0 Å². The molecule has 2 N–H and O–H groups in total. The summed E-state index contributed by atoms with van der Waals surface area (Å²) in [7, 11) is 0. The molecule has 1 aliphatic rings. The molecule has 0 bridgehead atoms. The Labute approximate surface area is 137 Å². The van der Waals surface area contributed by atoms with E-state index in [9.17, 15) is 0 Å². The Balaban J connectivity index is 1.97. The number of hydrogen-bond acceptors (Lipinski definition) is 2. The summed E-state index contributed by atoms with van der Waals surface area (Å²) in [5, 5.41) is 0. The van der Waals surface area contributed by atoms with Gasteiger partial charge in [0.15, 0.2) is 0 Å². The minimum absolute atomic E-state index is 0.530. The van der Waals surface area contributed by atoms with Crippen LogP contribution in [0.5, 0.6) is 0 Å². The number of nitrogens with zero attached hydrogens (tertiary/aromatic N) is 1. The van der Waals surface area contributed by atoms with Crippen LogP contribution in [0.2, 0.25) is 0 Å². The molecule has 1 aromatic carbocycles. The van der Waals surface area contributed by atoms with E-state index in [2.05, 4.69) is 56.9 Å². The summed E-state index contributed by atoms with van der Waals surface area (Å²) in [6.45, 7) is 13.6. The van der Waals surface area contributed by atoms with Crippen LogP contribution in [-0.4, -0.2) is 31.1 Å². The van der Waals surface area contributed by atoms with Crippen LogP contribution in [0.25, 0.3) is 0 Å². The Morgan fingerprint density at radius 2 is 1.55 bits per heavy atom. The molecular weight excluding hydrogens is 268 g/mol. The Bertz CT molecular complexity index is 428. The van der Waals surface area contributed by atoms with Crippen molar-refractivity contribution in [1.82, 2.24) is 4.90 Å². The SMILES string of the molecule is CC(C)CN1CCC(C(CN)c2ccc(C(C)C)cc2)CC1. The lowest BCUT2D eigenvalue weighted by Gasteiger charge is -2.36. The van der Waals surface area contributed by atoms with Crippen molar-refractivity contribution in [2.24, 2.45) is 17.6 Å². The van der Waals surface area contributed by atoms with Crippen LogP contribution in [0, 0.1) is 11.8 Å². The van der Waals surface area contributed by atoms with Gasteiger partial charge in [-0.25, -0.2) is 0 Å². The van der Waals surface area contributed by atoms with Crippen LogP contribution < -0.4 is 5.73 Å². The first-order valence-corrected chi connectivity index (χ1v) is 9.03. The zero-order valence-corrected chi connectivity index (χ0v) is 14.9. The third-order valence-electron chi connectivity index (χ3n) is 5.11. The molecule has 124 valence electrons. The largest absolute Gasteiger partial charge is 0.330 e. The van der Waals surface area contributed by atoms with Gasteiger partial charge in [0, 0.05) is 6.54 Å². The molecule has 0 radical (unpaired) electrons. The van der Waals surface area contributed by atoms with Crippen LogP contribution in [0.1, 0.15) is 63.5 Å². The predicted molar refractivity (Wildman–Crippen MR) is 96.3 cm³/mol. The zero-order valence-electron chi connectivity index (χ0n) is 14.9. The van der Waals surface area contributed by atoms with E-state index in [0.29, 0.717) is 11.8 Å². The molecule has 1 atom stereocenters. The monoisotopic (exact) mass is 302 g/mol. The molecule has 0 saturated carbocycles. The smallest absolute Gasteiger partial charge is 0.000439 e. The van der Waals surface area contributed by atoms with Crippen molar-refractivity contribution in [2.45, 2.75) is 52.4 Å². The molecule has 1 aromatic rings. The molecule has 1 unspecified atom stereocenters. The lowest BCUT2D eigenvalue weighted by molar-refractivity contribution is 0.155. The number of piperidine rings is 1. The topological polar surface area (TPSA) is 29.3 Å². The number of likely N-dealkylation sites (tertiary alicyclic amines) is 1. The highest BCUT2D eigenvalue weighted by Crippen LogP contribution is 2.32. The Kier molecular flexibility index (Phi) is 6.46. The fourth-order valence-electron chi connectivity index (χ4n) is 3.78. The molecular formula is C20H34N2. The molecule has 2 rings (SSSR count). The van der Waals surface area contributed by atoms with E-state index in [1.165, 1.54) is 43.6 Å². The third kappa shape index (κ3) is 4.57. The highest BCUT2D eigenvalue weighted by atomic mass is 15.1. The molecule has 2 heteroatoms. The molecule has 1 fully saturated rings. The van der Waals surface area contributed by atoms with Crippen LogP contribution in [0.15, 0.2) is 24.3 Å². The fraction of sp³-hybridized carbons (Fsp3) is 0.700. The van der Waals surface area contributed by atoms with Gasteiger partial charge in [-0.15, -0.1) is 0 Å². The molecule has 1 aliphatic heterocycles. The summed E-state index contributed by atoms with van der Waals surface area (Å²) in [5.41, 5.74) is 9.00. The second-order valence-corrected chi connectivity index (χ2v) is 7.70. The Morgan fingerprint density at radius 3 is 2.00 bits per heavy atom. The standard InChI is InChI=1S/C20H34N2/c1-15(2)14-22-11-9-19(10-12-22)20(13-21)18-7-5-17(6-8-18)16(3)4/h5-8,15-16,19-20H,9-14,21H2,1-4H3. The Hall–Kier alpha value is -0.860. The molecule has 22 heavy (non-hydrogen) atoms. The second kappa shape index (κ2) is 8.12. The normalized spacial score (nSPS) is 19.0. The van der Waals surface area contributed by atoms with E-state index in [1.807, 2.05) is 0 Å². The summed E-state index contributed by atoms with van der Waals surface area (Å²) in [6.07, 6.45) is 2.58. The van der Waals surface area contributed by atoms with E-state index < -0.39 is 0 Å². The number of nitrogens with two attached hydrogens (primary N) is 1. The summed E-state index contributed by atoms with van der Waals surface area (Å²) >= 11 is 0. The fourth-order valence-corrected chi connectivity index (χ4v) is 3.78. The highest BCUT2D eigenvalue weighted by molar-refractivity contribution is 5.28. The maximum absolute atomic E-state index is 6.14. The van der Waals surface area contributed by atoms with Gasteiger partial charge in [0.25, 0.3) is 0 Å². The molecule has 2 nitrogen and oxygen atoms in total. The van der Waals surface area contributed by atoms with Crippen LogP contribution in [0.3, 0.4) is 0 Å². The van der Waals surface area contributed by atoms with E-state index in [0.717, 1.165) is 18.4 Å². The summed E-state index contributed by atoms with van der Waals surface area (Å²) in [6, 6.07) is 9.20.